The second-order valence-corrected chi connectivity index (χ2v) is 5.13. The van der Waals surface area contributed by atoms with Crippen LogP contribution in [0.4, 0.5) is 0 Å². The Balaban J connectivity index is 1.79. The summed E-state index contributed by atoms with van der Waals surface area (Å²) in [4.78, 5) is 0. The number of rotatable bonds is 3. The average molecular weight is 262 g/mol. The molecule has 1 saturated heterocycles. The molecule has 1 unspecified atom stereocenters. The van der Waals surface area contributed by atoms with Crippen LogP contribution in [0.2, 0.25) is 5.02 Å². The summed E-state index contributed by atoms with van der Waals surface area (Å²) in [6, 6.07) is 8.43. The van der Waals surface area contributed by atoms with Crippen molar-refractivity contribution in [2.24, 2.45) is 0 Å². The lowest BCUT2D eigenvalue weighted by Crippen LogP contribution is -2.26. The van der Waals surface area contributed by atoms with Gasteiger partial charge in [0.05, 0.1) is 12.7 Å². The van der Waals surface area contributed by atoms with Gasteiger partial charge in [-0.15, -0.1) is 0 Å². The first-order chi connectivity index (χ1) is 8.83. The third kappa shape index (κ3) is 2.42. The first kappa shape index (κ1) is 11.8. The fourth-order valence-electron chi connectivity index (χ4n) is 2.44. The van der Waals surface area contributed by atoms with E-state index in [1.54, 1.807) is 0 Å². The van der Waals surface area contributed by atoms with Crippen LogP contribution in [0.15, 0.2) is 36.7 Å². The number of hydrogen-bond donors (Lipinski definition) is 1. The van der Waals surface area contributed by atoms with Gasteiger partial charge in [0.1, 0.15) is 0 Å². The lowest BCUT2D eigenvalue weighted by atomic mass is 10.1. The second kappa shape index (κ2) is 5.12. The number of halogens is 1. The lowest BCUT2D eigenvalue weighted by Gasteiger charge is -2.09. The Morgan fingerprint density at radius 3 is 3.06 bits per heavy atom. The largest absolute Gasteiger partial charge is 0.312 e. The molecule has 2 aromatic rings. The second-order valence-electron chi connectivity index (χ2n) is 4.72. The standard InChI is InChI=1S/C14H16ClN3/c15-14-6-2-1-5-13(14)11-8-17-18(9-11)10-12-4-3-7-16-12/h1-2,5-6,8-9,12,16H,3-4,7,10H2. The van der Waals surface area contributed by atoms with E-state index in [9.17, 15) is 0 Å². The van der Waals surface area contributed by atoms with Crippen molar-refractivity contribution in [1.82, 2.24) is 15.1 Å². The molecule has 1 atom stereocenters. The number of benzene rings is 1. The highest BCUT2D eigenvalue weighted by Crippen LogP contribution is 2.26. The van der Waals surface area contributed by atoms with Crippen LogP contribution in [0, 0.1) is 0 Å². The normalized spacial score (nSPS) is 19.3. The molecule has 94 valence electrons. The molecule has 1 N–H and O–H groups in total. The maximum Gasteiger partial charge on any atom is 0.0568 e. The molecule has 2 heterocycles. The van der Waals surface area contributed by atoms with Gasteiger partial charge in [0.15, 0.2) is 0 Å². The van der Waals surface area contributed by atoms with Crippen LogP contribution < -0.4 is 5.32 Å². The van der Waals surface area contributed by atoms with E-state index in [1.807, 2.05) is 35.1 Å². The van der Waals surface area contributed by atoms with Crippen molar-refractivity contribution in [3.05, 3.63) is 41.7 Å². The zero-order chi connectivity index (χ0) is 12.4. The van der Waals surface area contributed by atoms with Crippen molar-refractivity contribution in [2.75, 3.05) is 6.54 Å². The van der Waals surface area contributed by atoms with Gasteiger partial charge in [-0.25, -0.2) is 0 Å². The van der Waals surface area contributed by atoms with Crippen molar-refractivity contribution in [1.29, 1.82) is 0 Å². The minimum absolute atomic E-state index is 0.559. The van der Waals surface area contributed by atoms with E-state index in [0.29, 0.717) is 6.04 Å². The molecule has 0 amide bonds. The Morgan fingerprint density at radius 2 is 2.28 bits per heavy atom. The quantitative estimate of drug-likeness (QED) is 0.921. The predicted molar refractivity (Wildman–Crippen MR) is 73.7 cm³/mol. The average Bonchev–Trinajstić information content (AvgIpc) is 3.02. The van der Waals surface area contributed by atoms with E-state index < -0.39 is 0 Å². The molecule has 3 nitrogen and oxygen atoms in total. The molecule has 1 aliphatic heterocycles. The molecular formula is C14H16ClN3. The van der Waals surface area contributed by atoms with Crippen molar-refractivity contribution >= 4 is 11.6 Å². The fraction of sp³-hybridized carbons (Fsp3) is 0.357. The fourth-order valence-corrected chi connectivity index (χ4v) is 2.68. The summed E-state index contributed by atoms with van der Waals surface area (Å²) in [6.07, 6.45) is 6.46. The molecule has 0 saturated carbocycles. The van der Waals surface area contributed by atoms with E-state index in [1.165, 1.54) is 12.8 Å². The predicted octanol–water partition coefficient (Wildman–Crippen LogP) is 2.96. The molecule has 0 aliphatic carbocycles. The van der Waals surface area contributed by atoms with Crippen LogP contribution in [0.1, 0.15) is 12.8 Å². The Labute approximate surface area is 112 Å². The number of hydrogen-bond acceptors (Lipinski definition) is 2. The molecule has 0 bridgehead atoms. The van der Waals surface area contributed by atoms with Crippen LogP contribution in [-0.4, -0.2) is 22.4 Å². The van der Waals surface area contributed by atoms with Crippen molar-refractivity contribution in [2.45, 2.75) is 25.4 Å². The molecule has 1 fully saturated rings. The Hall–Kier alpha value is -1.32. The molecule has 4 heteroatoms. The van der Waals surface area contributed by atoms with E-state index in [4.69, 9.17) is 11.6 Å². The molecular weight excluding hydrogens is 246 g/mol. The Bertz CT molecular complexity index is 529. The van der Waals surface area contributed by atoms with Gasteiger partial charge in [-0.1, -0.05) is 29.8 Å². The maximum atomic E-state index is 6.19. The molecule has 18 heavy (non-hydrogen) atoms. The lowest BCUT2D eigenvalue weighted by molar-refractivity contribution is 0.476. The highest BCUT2D eigenvalue weighted by Gasteiger charge is 2.15. The summed E-state index contributed by atoms with van der Waals surface area (Å²) < 4.78 is 2.00. The first-order valence-corrected chi connectivity index (χ1v) is 6.71. The van der Waals surface area contributed by atoms with E-state index in [2.05, 4.69) is 16.6 Å². The van der Waals surface area contributed by atoms with Crippen LogP contribution >= 0.6 is 11.6 Å². The van der Waals surface area contributed by atoms with E-state index in [-0.39, 0.29) is 0 Å². The maximum absolute atomic E-state index is 6.19. The van der Waals surface area contributed by atoms with Gasteiger partial charge in [-0.05, 0) is 25.5 Å². The van der Waals surface area contributed by atoms with Crippen LogP contribution in [0.5, 0.6) is 0 Å². The zero-order valence-corrected chi connectivity index (χ0v) is 10.9. The molecule has 1 aliphatic rings. The van der Waals surface area contributed by atoms with Crippen molar-refractivity contribution < 1.29 is 0 Å². The summed E-state index contributed by atoms with van der Waals surface area (Å²) >= 11 is 6.19. The van der Waals surface area contributed by atoms with Gasteiger partial charge in [0.2, 0.25) is 0 Å². The Kier molecular flexibility index (Phi) is 3.35. The Morgan fingerprint density at radius 1 is 1.39 bits per heavy atom. The molecule has 1 aromatic heterocycles. The summed E-state index contributed by atoms with van der Waals surface area (Å²) in [5.41, 5.74) is 2.13. The third-order valence-corrected chi connectivity index (χ3v) is 3.72. The van der Waals surface area contributed by atoms with Gasteiger partial charge in [0.25, 0.3) is 0 Å². The topological polar surface area (TPSA) is 29.9 Å². The van der Waals surface area contributed by atoms with Crippen LogP contribution in [-0.2, 0) is 6.54 Å². The van der Waals surface area contributed by atoms with Crippen molar-refractivity contribution in [3.63, 3.8) is 0 Å². The summed E-state index contributed by atoms with van der Waals surface area (Å²) in [5, 5.41) is 8.67. The molecule has 0 radical (unpaired) electrons. The SMILES string of the molecule is Clc1ccccc1-c1cnn(CC2CCCN2)c1. The smallest absolute Gasteiger partial charge is 0.0568 e. The van der Waals surface area contributed by atoms with Gasteiger partial charge in [0, 0.05) is 28.4 Å². The monoisotopic (exact) mass is 261 g/mol. The number of nitrogens with one attached hydrogen (secondary N) is 1. The highest BCUT2D eigenvalue weighted by atomic mass is 35.5. The highest BCUT2D eigenvalue weighted by molar-refractivity contribution is 6.33. The van der Waals surface area contributed by atoms with Crippen molar-refractivity contribution in [3.8, 4) is 11.1 Å². The molecule has 0 spiro atoms. The van der Waals surface area contributed by atoms with Gasteiger partial charge >= 0.3 is 0 Å². The van der Waals surface area contributed by atoms with Crippen LogP contribution in [0.25, 0.3) is 11.1 Å². The summed E-state index contributed by atoms with van der Waals surface area (Å²) in [6.45, 7) is 2.06. The minimum atomic E-state index is 0.559. The summed E-state index contributed by atoms with van der Waals surface area (Å²) in [5.74, 6) is 0. The van der Waals surface area contributed by atoms with Crippen LogP contribution in [0.3, 0.4) is 0 Å². The minimum Gasteiger partial charge on any atom is -0.312 e. The van der Waals surface area contributed by atoms with E-state index in [0.717, 1.165) is 29.2 Å². The number of aromatic nitrogens is 2. The molecule has 1 aromatic carbocycles. The third-order valence-electron chi connectivity index (χ3n) is 3.39. The van der Waals surface area contributed by atoms with Gasteiger partial charge < -0.3 is 5.32 Å². The van der Waals surface area contributed by atoms with Gasteiger partial charge in [-0.3, -0.25) is 4.68 Å². The summed E-state index contributed by atoms with van der Waals surface area (Å²) in [7, 11) is 0. The number of nitrogens with zero attached hydrogens (tertiary/aromatic N) is 2. The first-order valence-electron chi connectivity index (χ1n) is 6.34. The van der Waals surface area contributed by atoms with Gasteiger partial charge in [-0.2, -0.15) is 5.10 Å². The molecule has 3 rings (SSSR count). The van der Waals surface area contributed by atoms with E-state index >= 15 is 0 Å². The zero-order valence-electron chi connectivity index (χ0n) is 10.1.